The molecule has 1 atom stereocenters. The molecule has 2 aliphatic rings. The number of thiazole rings is 1. The topological polar surface area (TPSA) is 71.5 Å². The summed E-state index contributed by atoms with van der Waals surface area (Å²) in [6, 6.07) is 17.4. The SMILES string of the molecule is O=C(NC[C@@H]1CCCCN1C(=O)c1nc(-c2ccc(F)cc2)sc1-c1ccccc1F)c1cccc2c1CCO2. The zero-order valence-electron chi connectivity index (χ0n) is 21.7. The van der Waals surface area contributed by atoms with Crippen molar-refractivity contribution in [3.8, 4) is 26.8 Å². The molecule has 1 N–H and O–H groups in total. The van der Waals surface area contributed by atoms with E-state index in [1.807, 2.05) is 6.07 Å². The third-order valence-corrected chi connectivity index (χ3v) is 8.55. The van der Waals surface area contributed by atoms with Gasteiger partial charge in [-0.2, -0.15) is 0 Å². The minimum atomic E-state index is -0.451. The average Bonchev–Trinajstić information content (AvgIpc) is 3.64. The van der Waals surface area contributed by atoms with Gasteiger partial charge < -0.3 is 15.0 Å². The van der Waals surface area contributed by atoms with E-state index in [9.17, 15) is 18.4 Å². The van der Waals surface area contributed by atoms with Gasteiger partial charge in [0.05, 0.1) is 11.5 Å². The lowest BCUT2D eigenvalue weighted by Gasteiger charge is -2.35. The number of carbonyl (C=O) groups is 2. The summed E-state index contributed by atoms with van der Waals surface area (Å²) in [5.74, 6) is -0.594. The van der Waals surface area contributed by atoms with E-state index >= 15 is 0 Å². The maximum absolute atomic E-state index is 14.9. The first-order valence-electron chi connectivity index (χ1n) is 13.3. The number of nitrogens with one attached hydrogen (secondary N) is 1. The van der Waals surface area contributed by atoms with Crippen molar-refractivity contribution < 1.29 is 23.1 Å². The van der Waals surface area contributed by atoms with Gasteiger partial charge in [-0.15, -0.1) is 11.3 Å². The number of nitrogens with zero attached hydrogens (tertiary/aromatic N) is 2. The molecule has 0 spiro atoms. The summed E-state index contributed by atoms with van der Waals surface area (Å²) in [5, 5.41) is 3.53. The summed E-state index contributed by atoms with van der Waals surface area (Å²) in [6.07, 6.45) is 3.17. The lowest BCUT2D eigenvalue weighted by atomic mass is 10.00. The fourth-order valence-corrected chi connectivity index (χ4v) is 6.45. The van der Waals surface area contributed by atoms with E-state index in [1.165, 1.54) is 29.5 Å². The molecule has 0 aliphatic carbocycles. The van der Waals surface area contributed by atoms with E-state index in [-0.39, 0.29) is 29.4 Å². The van der Waals surface area contributed by atoms with Crippen molar-refractivity contribution >= 4 is 23.2 Å². The van der Waals surface area contributed by atoms with E-state index < -0.39 is 5.82 Å². The van der Waals surface area contributed by atoms with E-state index in [0.717, 1.165) is 30.6 Å². The smallest absolute Gasteiger partial charge is 0.274 e. The fraction of sp³-hybridized carbons (Fsp3) is 0.258. The van der Waals surface area contributed by atoms with Crippen LogP contribution in [-0.4, -0.2) is 47.4 Å². The predicted molar refractivity (Wildman–Crippen MR) is 150 cm³/mol. The van der Waals surface area contributed by atoms with Crippen LogP contribution in [0.2, 0.25) is 0 Å². The van der Waals surface area contributed by atoms with Crippen LogP contribution in [0.3, 0.4) is 0 Å². The molecule has 3 aromatic carbocycles. The number of hydrogen-bond donors (Lipinski definition) is 1. The number of carbonyl (C=O) groups excluding carboxylic acids is 2. The second kappa shape index (κ2) is 11.2. The molecule has 0 bridgehead atoms. The highest BCUT2D eigenvalue weighted by Crippen LogP contribution is 2.38. The molecule has 0 unspecified atom stereocenters. The number of halogens is 2. The highest BCUT2D eigenvalue weighted by Gasteiger charge is 2.32. The molecule has 6 nitrogen and oxygen atoms in total. The quantitative estimate of drug-likeness (QED) is 0.309. The van der Waals surface area contributed by atoms with Crippen molar-refractivity contribution in [2.75, 3.05) is 19.7 Å². The van der Waals surface area contributed by atoms with Crippen molar-refractivity contribution in [3.05, 3.63) is 95.2 Å². The Morgan fingerprint density at radius 2 is 1.85 bits per heavy atom. The summed E-state index contributed by atoms with van der Waals surface area (Å²) in [4.78, 5) is 34.0. The van der Waals surface area contributed by atoms with Crippen LogP contribution in [0, 0.1) is 11.6 Å². The van der Waals surface area contributed by atoms with Crippen LogP contribution in [0.25, 0.3) is 21.0 Å². The molecule has 0 saturated carbocycles. The van der Waals surface area contributed by atoms with Crippen molar-refractivity contribution in [1.82, 2.24) is 15.2 Å². The first-order chi connectivity index (χ1) is 19.5. The maximum atomic E-state index is 14.9. The van der Waals surface area contributed by atoms with Gasteiger partial charge in [-0.25, -0.2) is 13.8 Å². The molecule has 1 saturated heterocycles. The number of amides is 2. The number of ether oxygens (including phenoxy) is 1. The third kappa shape index (κ3) is 5.09. The van der Waals surface area contributed by atoms with Crippen molar-refractivity contribution in [2.45, 2.75) is 31.7 Å². The molecule has 2 aliphatic heterocycles. The molecule has 204 valence electrons. The molecule has 1 fully saturated rings. The van der Waals surface area contributed by atoms with Crippen LogP contribution in [-0.2, 0) is 6.42 Å². The molecule has 4 aromatic rings. The molecule has 0 radical (unpaired) electrons. The number of likely N-dealkylation sites (tertiary alicyclic amines) is 1. The van der Waals surface area contributed by atoms with Gasteiger partial charge in [-0.1, -0.05) is 24.3 Å². The summed E-state index contributed by atoms with van der Waals surface area (Å²) in [5.41, 5.74) is 2.59. The fourth-order valence-electron chi connectivity index (χ4n) is 5.37. The van der Waals surface area contributed by atoms with Crippen LogP contribution >= 0.6 is 11.3 Å². The minimum absolute atomic E-state index is 0.158. The summed E-state index contributed by atoms with van der Waals surface area (Å²) < 4.78 is 34.1. The van der Waals surface area contributed by atoms with E-state index in [0.29, 0.717) is 52.7 Å². The Labute approximate surface area is 234 Å². The van der Waals surface area contributed by atoms with Crippen molar-refractivity contribution in [1.29, 1.82) is 0 Å². The van der Waals surface area contributed by atoms with Gasteiger partial charge in [0.2, 0.25) is 0 Å². The van der Waals surface area contributed by atoms with Gasteiger partial charge in [0.15, 0.2) is 0 Å². The summed E-state index contributed by atoms with van der Waals surface area (Å²) >= 11 is 1.20. The van der Waals surface area contributed by atoms with Gasteiger partial charge in [0, 0.05) is 47.8 Å². The first-order valence-corrected chi connectivity index (χ1v) is 14.2. The van der Waals surface area contributed by atoms with Gasteiger partial charge >= 0.3 is 0 Å². The van der Waals surface area contributed by atoms with Crippen LogP contribution in [0.5, 0.6) is 5.75 Å². The highest BCUT2D eigenvalue weighted by molar-refractivity contribution is 7.18. The second-order valence-electron chi connectivity index (χ2n) is 9.92. The lowest BCUT2D eigenvalue weighted by molar-refractivity contribution is 0.0598. The number of benzene rings is 3. The summed E-state index contributed by atoms with van der Waals surface area (Å²) in [7, 11) is 0. The molecule has 9 heteroatoms. The minimum Gasteiger partial charge on any atom is -0.493 e. The second-order valence-corrected chi connectivity index (χ2v) is 10.9. The van der Waals surface area contributed by atoms with Crippen molar-refractivity contribution in [2.24, 2.45) is 0 Å². The van der Waals surface area contributed by atoms with Gasteiger partial charge in [-0.3, -0.25) is 9.59 Å². The monoisotopic (exact) mass is 559 g/mol. The molecular formula is C31H27F2N3O3S. The molecule has 1 aromatic heterocycles. The Kier molecular flexibility index (Phi) is 7.30. The van der Waals surface area contributed by atoms with E-state index in [4.69, 9.17) is 4.74 Å². The Balaban J connectivity index is 1.28. The van der Waals surface area contributed by atoms with Gasteiger partial charge in [0.25, 0.3) is 11.8 Å². The number of piperidine rings is 1. The third-order valence-electron chi connectivity index (χ3n) is 7.41. The first kappa shape index (κ1) is 26.1. The average molecular weight is 560 g/mol. The zero-order chi connectivity index (χ0) is 27.6. The highest BCUT2D eigenvalue weighted by atomic mass is 32.1. The van der Waals surface area contributed by atoms with Gasteiger partial charge in [0.1, 0.15) is 28.1 Å². The Morgan fingerprint density at radius 3 is 2.67 bits per heavy atom. The van der Waals surface area contributed by atoms with Gasteiger partial charge in [-0.05, 0) is 61.7 Å². The number of aromatic nitrogens is 1. The Morgan fingerprint density at radius 1 is 1.02 bits per heavy atom. The number of rotatable bonds is 6. The van der Waals surface area contributed by atoms with Crippen LogP contribution in [0.1, 0.15) is 45.7 Å². The van der Waals surface area contributed by atoms with E-state index in [1.54, 1.807) is 47.4 Å². The number of hydrogen-bond acceptors (Lipinski definition) is 5. The number of fused-ring (bicyclic) bond motifs is 1. The lowest BCUT2D eigenvalue weighted by Crippen LogP contribution is -2.49. The maximum Gasteiger partial charge on any atom is 0.274 e. The molecule has 40 heavy (non-hydrogen) atoms. The standard InChI is InChI=1S/C31H27F2N3O3S/c32-20-13-11-19(12-14-20)30-35-27(28(40-30)24-7-1-2-9-25(24)33)31(38)36-16-4-3-6-21(36)18-34-29(37)23-8-5-10-26-22(23)15-17-39-26/h1-2,5,7-14,21H,3-4,6,15-18H2,(H,34,37)/t21-/m0/s1. The zero-order valence-corrected chi connectivity index (χ0v) is 22.5. The molecule has 6 rings (SSSR count). The Hall–Kier alpha value is -4.11. The predicted octanol–water partition coefficient (Wildman–Crippen LogP) is 6.11. The largest absolute Gasteiger partial charge is 0.493 e. The van der Waals surface area contributed by atoms with Crippen LogP contribution < -0.4 is 10.1 Å². The molecule has 3 heterocycles. The Bertz CT molecular complexity index is 1570. The van der Waals surface area contributed by atoms with E-state index in [2.05, 4.69) is 10.3 Å². The molecular weight excluding hydrogens is 532 g/mol. The normalized spacial score (nSPS) is 16.4. The van der Waals surface area contributed by atoms with Crippen LogP contribution in [0.15, 0.2) is 66.7 Å². The van der Waals surface area contributed by atoms with Crippen LogP contribution in [0.4, 0.5) is 8.78 Å². The molecule has 2 amide bonds. The summed E-state index contributed by atoms with van der Waals surface area (Å²) in [6.45, 7) is 1.36. The van der Waals surface area contributed by atoms with Crippen molar-refractivity contribution in [3.63, 3.8) is 0 Å².